The zero-order chi connectivity index (χ0) is 10.1. The minimum atomic E-state index is -0.253. The summed E-state index contributed by atoms with van der Waals surface area (Å²) in [5.74, 6) is -0.253. The first-order valence-corrected chi connectivity index (χ1v) is 4.20. The molecule has 2 aromatic rings. The molecule has 72 valence electrons. The third-order valence-corrected chi connectivity index (χ3v) is 2.10. The Balaban J connectivity index is 2.44. The number of ketones is 1. The number of aromatic nitrogens is 3. The highest BCUT2D eigenvalue weighted by atomic mass is 35.5. The number of rotatable bonds is 2. The summed E-state index contributed by atoms with van der Waals surface area (Å²) in [7, 11) is 1.63. The van der Waals surface area contributed by atoms with Gasteiger partial charge in [0.25, 0.3) is 0 Å². The number of hydrogen-bond acceptors (Lipinski definition) is 4. The van der Waals surface area contributed by atoms with Crippen LogP contribution < -0.4 is 0 Å². The lowest BCUT2D eigenvalue weighted by Gasteiger charge is -1.96. The van der Waals surface area contributed by atoms with Crippen LogP contribution in [0.25, 0.3) is 0 Å². The van der Waals surface area contributed by atoms with E-state index in [0.717, 1.165) is 0 Å². The van der Waals surface area contributed by atoms with Crippen LogP contribution >= 0.6 is 11.6 Å². The maximum absolute atomic E-state index is 11.8. The van der Waals surface area contributed by atoms with Crippen LogP contribution in [0.15, 0.2) is 22.9 Å². The summed E-state index contributed by atoms with van der Waals surface area (Å²) in [6.07, 6.45) is 2.74. The van der Waals surface area contributed by atoms with Gasteiger partial charge >= 0.3 is 0 Å². The second-order valence-electron chi connectivity index (χ2n) is 2.68. The van der Waals surface area contributed by atoms with E-state index in [9.17, 15) is 4.79 Å². The summed E-state index contributed by atoms with van der Waals surface area (Å²) in [5.41, 5.74) is 0.686. The number of nitrogens with zero attached hydrogens (tertiary/aromatic N) is 3. The summed E-state index contributed by atoms with van der Waals surface area (Å²) in [4.78, 5) is 11.8. The van der Waals surface area contributed by atoms with Gasteiger partial charge in [0.05, 0.1) is 18.0 Å². The Morgan fingerprint density at radius 3 is 2.93 bits per heavy atom. The van der Waals surface area contributed by atoms with Crippen LogP contribution in [0, 0.1) is 0 Å². The van der Waals surface area contributed by atoms with E-state index in [1.165, 1.54) is 23.2 Å². The monoisotopic (exact) mass is 211 g/mol. The minimum absolute atomic E-state index is 0.0798. The number of hydrogen-bond donors (Lipinski definition) is 0. The molecule has 0 unspecified atom stereocenters. The molecule has 5 nitrogen and oxygen atoms in total. The Morgan fingerprint density at radius 2 is 2.43 bits per heavy atom. The van der Waals surface area contributed by atoms with Crippen LogP contribution in [-0.2, 0) is 7.05 Å². The average molecular weight is 212 g/mol. The van der Waals surface area contributed by atoms with Crippen molar-refractivity contribution in [1.29, 1.82) is 0 Å². The van der Waals surface area contributed by atoms with Crippen LogP contribution in [-0.4, -0.2) is 20.8 Å². The summed E-state index contributed by atoms with van der Waals surface area (Å²) in [6.45, 7) is 0. The molecule has 0 fully saturated rings. The van der Waals surface area contributed by atoms with Gasteiger partial charge in [-0.1, -0.05) is 5.21 Å². The molecule has 0 saturated heterocycles. The van der Waals surface area contributed by atoms with E-state index >= 15 is 0 Å². The van der Waals surface area contributed by atoms with Crippen LogP contribution in [0.5, 0.6) is 0 Å². The van der Waals surface area contributed by atoms with Gasteiger partial charge in [0.15, 0.2) is 0 Å². The Kier molecular flexibility index (Phi) is 2.09. The van der Waals surface area contributed by atoms with Crippen molar-refractivity contribution in [2.24, 2.45) is 7.05 Å². The fraction of sp³-hybridized carbons (Fsp3) is 0.125. The quantitative estimate of drug-likeness (QED) is 0.703. The molecule has 0 bridgehead atoms. The number of carbonyl (C=O) groups is 1. The fourth-order valence-corrected chi connectivity index (χ4v) is 1.29. The van der Waals surface area contributed by atoms with Gasteiger partial charge in [0, 0.05) is 7.05 Å². The van der Waals surface area contributed by atoms with E-state index < -0.39 is 0 Å². The van der Waals surface area contributed by atoms with Gasteiger partial charge in [-0.2, -0.15) is 0 Å². The van der Waals surface area contributed by atoms with Gasteiger partial charge in [-0.25, -0.2) is 4.68 Å². The Labute approximate surface area is 84.3 Å². The van der Waals surface area contributed by atoms with Gasteiger partial charge in [0.2, 0.25) is 11.0 Å². The van der Waals surface area contributed by atoms with Gasteiger partial charge in [-0.05, 0) is 17.7 Å². The molecule has 14 heavy (non-hydrogen) atoms. The Bertz CT molecular complexity index is 432. The van der Waals surface area contributed by atoms with Gasteiger partial charge in [0.1, 0.15) is 5.69 Å². The van der Waals surface area contributed by atoms with E-state index in [1.54, 1.807) is 7.05 Å². The molecule has 6 heteroatoms. The molecule has 2 heterocycles. The van der Waals surface area contributed by atoms with E-state index in [2.05, 4.69) is 10.3 Å². The lowest BCUT2D eigenvalue weighted by molar-refractivity contribution is 0.103. The molecule has 0 aliphatic carbocycles. The van der Waals surface area contributed by atoms with E-state index in [-0.39, 0.29) is 11.0 Å². The summed E-state index contributed by atoms with van der Waals surface area (Å²) in [6, 6.07) is 1.51. The van der Waals surface area contributed by atoms with Crippen LogP contribution in [0.2, 0.25) is 5.22 Å². The highest BCUT2D eigenvalue weighted by Crippen LogP contribution is 2.19. The van der Waals surface area contributed by atoms with Crippen molar-refractivity contribution in [3.8, 4) is 0 Å². The van der Waals surface area contributed by atoms with E-state index in [1.807, 2.05) is 0 Å². The highest BCUT2D eigenvalue weighted by molar-refractivity contribution is 6.33. The van der Waals surface area contributed by atoms with Crippen molar-refractivity contribution in [3.05, 3.63) is 35.0 Å². The average Bonchev–Trinajstić information content (AvgIpc) is 2.73. The van der Waals surface area contributed by atoms with Gasteiger partial charge in [-0.15, -0.1) is 5.10 Å². The summed E-state index contributed by atoms with van der Waals surface area (Å²) < 4.78 is 6.20. The first kappa shape index (κ1) is 8.96. The second-order valence-corrected chi connectivity index (χ2v) is 3.02. The summed E-state index contributed by atoms with van der Waals surface area (Å²) in [5, 5.41) is 7.33. The van der Waals surface area contributed by atoms with Crippen LogP contribution in [0.4, 0.5) is 0 Å². The lowest BCUT2D eigenvalue weighted by atomic mass is 10.2. The molecular weight excluding hydrogens is 206 g/mol. The second kappa shape index (κ2) is 3.26. The van der Waals surface area contributed by atoms with E-state index in [0.29, 0.717) is 11.3 Å². The highest BCUT2D eigenvalue weighted by Gasteiger charge is 2.18. The number of carbonyl (C=O) groups excluding carboxylic acids is 1. The van der Waals surface area contributed by atoms with Crippen molar-refractivity contribution in [2.75, 3.05) is 0 Å². The molecule has 0 aromatic carbocycles. The molecule has 2 aromatic heterocycles. The summed E-state index contributed by atoms with van der Waals surface area (Å²) >= 11 is 5.67. The maximum Gasteiger partial charge on any atom is 0.217 e. The normalized spacial score (nSPS) is 10.4. The Morgan fingerprint density at radius 1 is 1.64 bits per heavy atom. The number of furan rings is 1. The first-order valence-electron chi connectivity index (χ1n) is 3.82. The Hall–Kier alpha value is -1.62. The van der Waals surface area contributed by atoms with Gasteiger partial charge in [-0.3, -0.25) is 4.79 Å². The third kappa shape index (κ3) is 1.31. The molecule has 0 saturated carbocycles. The SMILES string of the molecule is Cn1nncc1C(=O)c1ccoc1Cl. The fourth-order valence-electron chi connectivity index (χ4n) is 1.09. The van der Waals surface area contributed by atoms with Gasteiger partial charge < -0.3 is 4.42 Å². The van der Waals surface area contributed by atoms with Crippen molar-refractivity contribution >= 4 is 17.4 Å². The standard InChI is InChI=1S/C8H6ClN3O2/c1-12-6(4-10-11-12)7(13)5-2-3-14-8(5)9/h2-4H,1H3. The molecule has 0 atom stereocenters. The molecule has 0 N–H and O–H groups in total. The predicted molar refractivity (Wildman–Crippen MR) is 48.2 cm³/mol. The minimum Gasteiger partial charge on any atom is -0.452 e. The number of aryl methyl sites for hydroxylation is 1. The van der Waals surface area contributed by atoms with Crippen molar-refractivity contribution in [3.63, 3.8) is 0 Å². The maximum atomic E-state index is 11.8. The molecular formula is C8H6ClN3O2. The topological polar surface area (TPSA) is 60.9 Å². The first-order chi connectivity index (χ1) is 6.70. The molecule has 0 amide bonds. The predicted octanol–water partition coefficient (Wildman–Crippen LogP) is 1.29. The smallest absolute Gasteiger partial charge is 0.217 e. The van der Waals surface area contributed by atoms with Crippen molar-refractivity contribution in [2.45, 2.75) is 0 Å². The number of halogens is 1. The van der Waals surface area contributed by atoms with Crippen LogP contribution in [0.3, 0.4) is 0 Å². The third-order valence-electron chi connectivity index (χ3n) is 1.81. The van der Waals surface area contributed by atoms with E-state index in [4.69, 9.17) is 16.0 Å². The largest absolute Gasteiger partial charge is 0.452 e. The van der Waals surface area contributed by atoms with Crippen molar-refractivity contribution in [1.82, 2.24) is 15.0 Å². The molecule has 2 rings (SSSR count). The van der Waals surface area contributed by atoms with Crippen molar-refractivity contribution < 1.29 is 9.21 Å². The molecule has 0 aliphatic rings. The molecule has 0 spiro atoms. The molecule has 0 radical (unpaired) electrons. The zero-order valence-electron chi connectivity index (χ0n) is 7.27. The zero-order valence-corrected chi connectivity index (χ0v) is 8.02. The van der Waals surface area contributed by atoms with Crippen LogP contribution in [0.1, 0.15) is 16.1 Å². The lowest BCUT2D eigenvalue weighted by Crippen LogP contribution is -2.07. The molecule has 0 aliphatic heterocycles.